The Kier molecular flexibility index (Phi) is 5.11. The largest absolute Gasteiger partial charge is 0.716 e. The number of nitrogens with two attached hydrogens (primary N) is 1. The zero-order valence-corrected chi connectivity index (χ0v) is 5.56. The van der Waals surface area contributed by atoms with Gasteiger partial charge in [-0.25, -0.2) is 0 Å². The van der Waals surface area contributed by atoms with Gasteiger partial charge in [-0.15, -0.1) is 4.52 Å². The minimum atomic E-state index is -2.06. The van der Waals surface area contributed by atoms with Crippen LogP contribution in [-0.4, -0.2) is 6.61 Å². The monoisotopic (exact) mass is 138 g/mol. The van der Waals surface area contributed by atoms with E-state index in [0.717, 1.165) is 6.42 Å². The maximum absolute atomic E-state index is 10.1. The van der Waals surface area contributed by atoms with E-state index in [4.69, 9.17) is 0 Å². The molecule has 0 aliphatic rings. The first-order valence-electron chi connectivity index (χ1n) is 2.28. The molecular formula is C3H9NO3P+. The lowest BCUT2D eigenvalue weighted by Gasteiger charge is -1.79. The number of hydrogen-bond donors (Lipinski definition) is 1. The van der Waals surface area contributed by atoms with Crippen LogP contribution in [0.4, 0.5) is 0 Å². The first kappa shape index (κ1) is 7.98. The standard InChI is InChI=1S/C3H9NO3P/c1-2-3-6-8(5)7-4/h2-4H2,1H3/q+1. The summed E-state index contributed by atoms with van der Waals surface area (Å²) in [4.78, 5) is 0. The third kappa shape index (κ3) is 4.15. The van der Waals surface area contributed by atoms with Crippen LogP contribution in [0.15, 0.2) is 0 Å². The van der Waals surface area contributed by atoms with Crippen molar-refractivity contribution in [2.75, 3.05) is 6.61 Å². The van der Waals surface area contributed by atoms with Crippen LogP contribution in [0, 0.1) is 0 Å². The lowest BCUT2D eigenvalue weighted by molar-refractivity contribution is 0.230. The van der Waals surface area contributed by atoms with E-state index in [9.17, 15) is 4.57 Å². The quantitative estimate of drug-likeness (QED) is 0.464. The van der Waals surface area contributed by atoms with Gasteiger partial charge in [0.2, 0.25) is 0 Å². The molecule has 0 aliphatic carbocycles. The highest BCUT2D eigenvalue weighted by molar-refractivity contribution is 7.33. The van der Waals surface area contributed by atoms with Gasteiger partial charge in [0, 0.05) is 4.57 Å². The van der Waals surface area contributed by atoms with Crippen molar-refractivity contribution < 1.29 is 13.7 Å². The molecule has 0 rings (SSSR count). The molecule has 0 heterocycles. The Morgan fingerprint density at radius 1 is 1.75 bits per heavy atom. The SMILES string of the molecule is CCCO[P+](=O)ON. The first-order valence-corrected chi connectivity index (χ1v) is 3.37. The third-order valence-corrected chi connectivity index (χ3v) is 1.05. The first-order chi connectivity index (χ1) is 3.81. The molecule has 48 valence electrons. The Hall–Kier alpha value is -0.0200. The summed E-state index contributed by atoms with van der Waals surface area (Å²) in [5, 5.41) is 0. The van der Waals surface area contributed by atoms with Gasteiger partial charge in [-0.05, 0) is 11.0 Å². The van der Waals surface area contributed by atoms with Crippen LogP contribution >= 0.6 is 8.25 Å². The smallest absolute Gasteiger partial charge is 0.162 e. The van der Waals surface area contributed by atoms with Crippen LogP contribution in [-0.2, 0) is 13.7 Å². The van der Waals surface area contributed by atoms with Crippen molar-refractivity contribution in [1.82, 2.24) is 0 Å². The highest BCUT2D eigenvalue weighted by Gasteiger charge is 2.15. The van der Waals surface area contributed by atoms with Gasteiger partial charge in [-0.1, -0.05) is 6.92 Å². The molecule has 0 bridgehead atoms. The Morgan fingerprint density at radius 3 is 2.75 bits per heavy atom. The van der Waals surface area contributed by atoms with E-state index < -0.39 is 8.25 Å². The molecule has 0 saturated heterocycles. The van der Waals surface area contributed by atoms with Crippen LogP contribution in [0.1, 0.15) is 13.3 Å². The van der Waals surface area contributed by atoms with Gasteiger partial charge in [0.15, 0.2) is 0 Å². The van der Waals surface area contributed by atoms with Gasteiger partial charge < -0.3 is 0 Å². The van der Waals surface area contributed by atoms with E-state index in [1.54, 1.807) is 0 Å². The van der Waals surface area contributed by atoms with Crippen molar-refractivity contribution in [3.8, 4) is 0 Å². The second-order valence-corrected chi connectivity index (χ2v) is 2.08. The topological polar surface area (TPSA) is 61.5 Å². The summed E-state index contributed by atoms with van der Waals surface area (Å²) in [6.45, 7) is 2.33. The summed E-state index contributed by atoms with van der Waals surface area (Å²) in [5.74, 6) is 4.50. The van der Waals surface area contributed by atoms with Crippen LogP contribution in [0.5, 0.6) is 0 Å². The summed E-state index contributed by atoms with van der Waals surface area (Å²) in [6, 6.07) is 0. The van der Waals surface area contributed by atoms with Gasteiger partial charge in [0.25, 0.3) is 0 Å². The van der Waals surface area contributed by atoms with Crippen LogP contribution < -0.4 is 5.90 Å². The van der Waals surface area contributed by atoms with Gasteiger partial charge in [-0.2, -0.15) is 5.90 Å². The maximum atomic E-state index is 10.1. The fourth-order valence-corrected chi connectivity index (χ4v) is 0.589. The summed E-state index contributed by atoms with van der Waals surface area (Å²) < 4.78 is 18.5. The average Bonchev–Trinajstić information content (AvgIpc) is 1.83. The molecule has 0 aromatic rings. The van der Waals surface area contributed by atoms with E-state index in [1.807, 2.05) is 6.92 Å². The van der Waals surface area contributed by atoms with E-state index in [0.29, 0.717) is 6.61 Å². The number of hydrogen-bond acceptors (Lipinski definition) is 4. The molecule has 1 atom stereocenters. The fourth-order valence-electron chi connectivity index (χ4n) is 0.196. The molecule has 0 aliphatic heterocycles. The zero-order chi connectivity index (χ0) is 6.41. The zero-order valence-electron chi connectivity index (χ0n) is 4.66. The van der Waals surface area contributed by atoms with Gasteiger partial charge in [-0.3, -0.25) is 0 Å². The van der Waals surface area contributed by atoms with Crippen LogP contribution in [0.2, 0.25) is 0 Å². The molecule has 0 aromatic heterocycles. The van der Waals surface area contributed by atoms with Crippen molar-refractivity contribution >= 4 is 8.25 Å². The average molecular weight is 138 g/mol. The summed E-state index contributed by atoms with van der Waals surface area (Å²) in [6.07, 6.45) is 0.810. The van der Waals surface area contributed by atoms with Gasteiger partial charge >= 0.3 is 8.25 Å². The molecule has 1 unspecified atom stereocenters. The lowest BCUT2D eigenvalue weighted by atomic mass is 10.5. The highest BCUT2D eigenvalue weighted by atomic mass is 31.1. The summed E-state index contributed by atoms with van der Waals surface area (Å²) in [5.41, 5.74) is 0. The highest BCUT2D eigenvalue weighted by Crippen LogP contribution is 2.19. The molecule has 0 spiro atoms. The Bertz CT molecular complexity index is 76.9. The molecule has 2 N–H and O–H groups in total. The molecular weight excluding hydrogens is 129 g/mol. The minimum absolute atomic E-state index is 0.423. The Balaban J connectivity index is 2.99. The van der Waals surface area contributed by atoms with Crippen molar-refractivity contribution in [3.63, 3.8) is 0 Å². The molecule has 0 fully saturated rings. The van der Waals surface area contributed by atoms with Crippen molar-refractivity contribution in [3.05, 3.63) is 0 Å². The molecule has 0 aromatic carbocycles. The van der Waals surface area contributed by atoms with Crippen LogP contribution in [0.25, 0.3) is 0 Å². The summed E-state index contributed by atoms with van der Waals surface area (Å²) >= 11 is 0. The molecule has 0 radical (unpaired) electrons. The molecule has 4 nitrogen and oxygen atoms in total. The third-order valence-electron chi connectivity index (χ3n) is 0.487. The maximum Gasteiger partial charge on any atom is 0.716 e. The lowest BCUT2D eigenvalue weighted by Crippen LogP contribution is -1.91. The Labute approximate surface area is 48.9 Å². The van der Waals surface area contributed by atoms with Crippen molar-refractivity contribution in [2.45, 2.75) is 13.3 Å². The molecule has 0 saturated carbocycles. The second-order valence-electron chi connectivity index (χ2n) is 1.16. The summed E-state index contributed by atoms with van der Waals surface area (Å²) in [7, 11) is -2.06. The normalized spacial score (nSPS) is 11.5. The van der Waals surface area contributed by atoms with E-state index in [1.165, 1.54) is 0 Å². The van der Waals surface area contributed by atoms with E-state index >= 15 is 0 Å². The molecule has 5 heteroatoms. The van der Waals surface area contributed by atoms with E-state index in [2.05, 4.69) is 15.0 Å². The van der Waals surface area contributed by atoms with Crippen molar-refractivity contribution in [2.24, 2.45) is 5.90 Å². The van der Waals surface area contributed by atoms with Gasteiger partial charge in [0.1, 0.15) is 6.61 Å². The molecule has 8 heavy (non-hydrogen) atoms. The fraction of sp³-hybridized carbons (Fsp3) is 1.00. The predicted octanol–water partition coefficient (Wildman–Crippen LogP) is 0.961. The molecule has 0 amide bonds. The Morgan fingerprint density at radius 2 is 2.38 bits per heavy atom. The number of rotatable bonds is 4. The van der Waals surface area contributed by atoms with Crippen molar-refractivity contribution in [1.29, 1.82) is 0 Å². The second kappa shape index (κ2) is 5.12. The predicted molar refractivity (Wildman–Crippen MR) is 29.1 cm³/mol. The van der Waals surface area contributed by atoms with E-state index in [-0.39, 0.29) is 0 Å². The van der Waals surface area contributed by atoms with Crippen LogP contribution in [0.3, 0.4) is 0 Å². The minimum Gasteiger partial charge on any atom is -0.162 e. The van der Waals surface area contributed by atoms with Gasteiger partial charge in [0.05, 0.1) is 0 Å².